The molecule has 0 spiro atoms. The second-order valence-corrected chi connectivity index (χ2v) is 4.83. The van der Waals surface area contributed by atoms with E-state index >= 15 is 0 Å². The number of aromatic hydroxyl groups is 1. The van der Waals surface area contributed by atoms with Gasteiger partial charge in [-0.05, 0) is 35.0 Å². The highest BCUT2D eigenvalue weighted by Crippen LogP contribution is 2.27. The Morgan fingerprint density at radius 2 is 1.86 bits per heavy atom. The molecule has 0 bridgehead atoms. The Hall–Kier alpha value is -2.99. The van der Waals surface area contributed by atoms with Crippen molar-refractivity contribution in [2.24, 2.45) is 0 Å². The summed E-state index contributed by atoms with van der Waals surface area (Å²) >= 11 is 0. The summed E-state index contributed by atoms with van der Waals surface area (Å²) in [7, 11) is 0. The first-order valence-corrected chi connectivity index (χ1v) is 6.71. The van der Waals surface area contributed by atoms with Gasteiger partial charge >= 0.3 is 0 Å². The summed E-state index contributed by atoms with van der Waals surface area (Å²) in [4.78, 5) is 0. The van der Waals surface area contributed by atoms with E-state index in [0.29, 0.717) is 12.1 Å². The van der Waals surface area contributed by atoms with E-state index in [9.17, 15) is 5.11 Å². The number of nitrogens with one attached hydrogen (secondary N) is 1. The zero-order chi connectivity index (χ0) is 14.7. The number of phenolic OH excluding ortho intramolecular Hbond substituents is 1. The highest BCUT2D eigenvalue weighted by Gasteiger charge is 2.06. The van der Waals surface area contributed by atoms with Crippen LogP contribution >= 0.6 is 0 Å². The van der Waals surface area contributed by atoms with Gasteiger partial charge in [0.25, 0.3) is 0 Å². The van der Waals surface area contributed by atoms with Crippen molar-refractivity contribution in [2.75, 3.05) is 5.32 Å². The number of rotatable bonds is 3. The fourth-order valence-electron chi connectivity index (χ4n) is 2.40. The Kier molecular flexibility index (Phi) is 3.44. The molecule has 3 nitrogen and oxygen atoms in total. The van der Waals surface area contributed by atoms with Gasteiger partial charge < -0.3 is 10.4 Å². The monoisotopic (exact) mass is 274 g/mol. The van der Waals surface area contributed by atoms with Crippen LogP contribution in [0.5, 0.6) is 5.75 Å². The van der Waals surface area contributed by atoms with E-state index in [1.165, 1.54) is 0 Å². The quantitative estimate of drug-likeness (QED) is 0.758. The standard InChI is InChI=1S/C18H14N2O/c19-11-13-4-3-6-15(10-13)20-12-17-16-7-2-1-5-14(16)8-9-18(17)21/h1-10,20-21H,12H2. The van der Waals surface area contributed by atoms with Crippen molar-refractivity contribution in [3.05, 3.63) is 71.8 Å². The fraction of sp³-hybridized carbons (Fsp3) is 0.0556. The SMILES string of the molecule is N#Cc1cccc(NCc2c(O)ccc3ccccc23)c1. The van der Waals surface area contributed by atoms with Crippen LogP contribution in [0.2, 0.25) is 0 Å². The van der Waals surface area contributed by atoms with Crippen molar-refractivity contribution < 1.29 is 5.11 Å². The number of hydrogen-bond donors (Lipinski definition) is 2. The molecule has 21 heavy (non-hydrogen) atoms. The van der Waals surface area contributed by atoms with Crippen LogP contribution in [0.3, 0.4) is 0 Å². The Morgan fingerprint density at radius 1 is 1.00 bits per heavy atom. The lowest BCUT2D eigenvalue weighted by atomic mass is 10.0. The molecule has 0 saturated carbocycles. The first kappa shape index (κ1) is 13.0. The summed E-state index contributed by atoms with van der Waals surface area (Å²) in [6, 6.07) is 21.0. The highest BCUT2D eigenvalue weighted by atomic mass is 16.3. The van der Waals surface area contributed by atoms with E-state index in [-0.39, 0.29) is 5.75 Å². The predicted octanol–water partition coefficient (Wildman–Crippen LogP) is 4.03. The second-order valence-electron chi connectivity index (χ2n) is 4.83. The minimum Gasteiger partial charge on any atom is -0.508 e. The van der Waals surface area contributed by atoms with Crippen molar-refractivity contribution in [1.29, 1.82) is 5.26 Å². The van der Waals surface area contributed by atoms with Crippen LogP contribution < -0.4 is 5.32 Å². The average Bonchev–Trinajstić information content (AvgIpc) is 2.54. The van der Waals surface area contributed by atoms with Gasteiger partial charge in [0, 0.05) is 17.8 Å². The lowest BCUT2D eigenvalue weighted by molar-refractivity contribution is 0.470. The number of nitrogens with zero attached hydrogens (tertiary/aromatic N) is 1. The molecule has 0 heterocycles. The Balaban J connectivity index is 1.91. The molecule has 0 fully saturated rings. The molecule has 0 aliphatic heterocycles. The van der Waals surface area contributed by atoms with E-state index in [4.69, 9.17) is 5.26 Å². The summed E-state index contributed by atoms with van der Waals surface area (Å²) < 4.78 is 0. The zero-order valence-electron chi connectivity index (χ0n) is 11.4. The van der Waals surface area contributed by atoms with E-state index in [1.54, 1.807) is 18.2 Å². The molecule has 2 N–H and O–H groups in total. The van der Waals surface area contributed by atoms with E-state index in [1.807, 2.05) is 42.5 Å². The molecular weight excluding hydrogens is 260 g/mol. The smallest absolute Gasteiger partial charge is 0.121 e. The molecule has 0 radical (unpaired) electrons. The lowest BCUT2D eigenvalue weighted by Gasteiger charge is -2.11. The molecule has 3 aromatic carbocycles. The molecule has 102 valence electrons. The molecule has 0 saturated heterocycles. The van der Waals surface area contributed by atoms with Crippen molar-refractivity contribution in [2.45, 2.75) is 6.54 Å². The Labute approximate surface area is 123 Å². The number of nitriles is 1. The van der Waals surface area contributed by atoms with E-state index in [2.05, 4.69) is 11.4 Å². The van der Waals surface area contributed by atoms with Gasteiger partial charge in [0.1, 0.15) is 5.75 Å². The lowest BCUT2D eigenvalue weighted by Crippen LogP contribution is -2.00. The molecule has 0 aliphatic rings. The van der Waals surface area contributed by atoms with Crippen LogP contribution in [0, 0.1) is 11.3 Å². The molecule has 0 atom stereocenters. The summed E-state index contributed by atoms with van der Waals surface area (Å²) in [5.74, 6) is 0.276. The van der Waals surface area contributed by atoms with Crippen molar-refractivity contribution in [1.82, 2.24) is 0 Å². The number of benzene rings is 3. The first-order valence-electron chi connectivity index (χ1n) is 6.71. The Bertz CT molecular complexity index is 834. The highest BCUT2D eigenvalue weighted by molar-refractivity contribution is 5.87. The van der Waals surface area contributed by atoms with Gasteiger partial charge in [-0.15, -0.1) is 0 Å². The van der Waals surface area contributed by atoms with Gasteiger partial charge in [0.15, 0.2) is 0 Å². The van der Waals surface area contributed by atoms with Crippen LogP contribution in [0.25, 0.3) is 10.8 Å². The van der Waals surface area contributed by atoms with Gasteiger partial charge in [0.05, 0.1) is 11.6 Å². The number of fused-ring (bicyclic) bond motifs is 1. The molecule has 0 amide bonds. The first-order chi connectivity index (χ1) is 10.3. The maximum absolute atomic E-state index is 10.1. The minimum atomic E-state index is 0.276. The largest absolute Gasteiger partial charge is 0.508 e. The molecule has 3 heteroatoms. The molecule has 0 aromatic heterocycles. The van der Waals surface area contributed by atoms with E-state index in [0.717, 1.165) is 22.0 Å². The fourth-order valence-corrected chi connectivity index (χ4v) is 2.40. The van der Waals surface area contributed by atoms with Crippen molar-refractivity contribution in [3.8, 4) is 11.8 Å². The number of phenols is 1. The molecule has 3 rings (SSSR count). The van der Waals surface area contributed by atoms with Crippen molar-refractivity contribution in [3.63, 3.8) is 0 Å². The molecule has 0 aliphatic carbocycles. The van der Waals surface area contributed by atoms with Crippen LogP contribution in [0.1, 0.15) is 11.1 Å². The Morgan fingerprint density at radius 3 is 2.71 bits per heavy atom. The molecule has 3 aromatic rings. The second kappa shape index (κ2) is 5.56. The van der Waals surface area contributed by atoms with Crippen LogP contribution in [0.15, 0.2) is 60.7 Å². The number of anilines is 1. The maximum atomic E-state index is 10.1. The van der Waals surface area contributed by atoms with Crippen LogP contribution in [0.4, 0.5) is 5.69 Å². The third kappa shape index (κ3) is 2.65. The average molecular weight is 274 g/mol. The van der Waals surface area contributed by atoms with Crippen LogP contribution in [-0.2, 0) is 6.54 Å². The summed E-state index contributed by atoms with van der Waals surface area (Å²) in [6.07, 6.45) is 0. The van der Waals surface area contributed by atoms with Crippen molar-refractivity contribution >= 4 is 16.5 Å². The van der Waals surface area contributed by atoms with E-state index < -0.39 is 0 Å². The van der Waals surface area contributed by atoms with Gasteiger partial charge in [0.2, 0.25) is 0 Å². The number of hydrogen-bond acceptors (Lipinski definition) is 3. The zero-order valence-corrected chi connectivity index (χ0v) is 11.4. The molecule has 0 unspecified atom stereocenters. The van der Waals surface area contributed by atoms with Crippen LogP contribution in [-0.4, -0.2) is 5.11 Å². The normalized spacial score (nSPS) is 10.2. The summed E-state index contributed by atoms with van der Waals surface area (Å²) in [5, 5.41) is 24.4. The maximum Gasteiger partial charge on any atom is 0.121 e. The summed E-state index contributed by atoms with van der Waals surface area (Å²) in [6.45, 7) is 0.502. The van der Waals surface area contributed by atoms with Gasteiger partial charge in [-0.3, -0.25) is 0 Å². The third-order valence-corrected chi connectivity index (χ3v) is 3.48. The third-order valence-electron chi connectivity index (χ3n) is 3.48. The predicted molar refractivity (Wildman–Crippen MR) is 84.1 cm³/mol. The van der Waals surface area contributed by atoms with Gasteiger partial charge in [-0.1, -0.05) is 36.4 Å². The van der Waals surface area contributed by atoms with Gasteiger partial charge in [-0.2, -0.15) is 5.26 Å². The van der Waals surface area contributed by atoms with Gasteiger partial charge in [-0.25, -0.2) is 0 Å². The summed E-state index contributed by atoms with van der Waals surface area (Å²) in [5.41, 5.74) is 2.33. The topological polar surface area (TPSA) is 56.0 Å². The molecular formula is C18H14N2O. The minimum absolute atomic E-state index is 0.276.